The highest BCUT2D eigenvalue weighted by molar-refractivity contribution is 8.29. The van der Waals surface area contributed by atoms with Crippen LogP contribution >= 0.6 is 22.1 Å². The molecule has 1 aliphatic rings. The Balaban J connectivity index is 1.98. The fourth-order valence-electron chi connectivity index (χ4n) is 3.57. The third-order valence-electron chi connectivity index (χ3n) is 5.64. The Morgan fingerprint density at radius 2 is 2.03 bits per heavy atom. The van der Waals surface area contributed by atoms with Crippen LogP contribution in [0.2, 0.25) is 5.02 Å². The molecule has 0 bridgehead atoms. The molecule has 0 saturated heterocycles. The molecule has 1 unspecified atom stereocenters. The number of hydrogen-bond acceptors (Lipinski definition) is 6. The van der Waals surface area contributed by atoms with E-state index in [1.54, 1.807) is 38.2 Å². The lowest BCUT2D eigenvalue weighted by atomic mass is 9.90. The summed E-state index contributed by atoms with van der Waals surface area (Å²) in [4.78, 5) is 21.2. The van der Waals surface area contributed by atoms with Gasteiger partial charge < -0.3 is 10.3 Å². The summed E-state index contributed by atoms with van der Waals surface area (Å²) in [5, 5.41) is 0.443. The molecule has 2 heterocycles. The zero-order valence-corrected chi connectivity index (χ0v) is 18.9. The summed E-state index contributed by atoms with van der Waals surface area (Å²) in [6, 6.07) is 7.65. The molecule has 0 aliphatic carbocycles. The lowest BCUT2D eigenvalue weighted by Gasteiger charge is -2.53. The van der Waals surface area contributed by atoms with E-state index in [1.807, 2.05) is 13.8 Å². The molecule has 0 spiro atoms. The fraction of sp³-hybridized carbons (Fsp3) is 0.381. The second kappa shape index (κ2) is 7.92. The van der Waals surface area contributed by atoms with Crippen LogP contribution in [0.5, 0.6) is 0 Å². The number of aromatic nitrogens is 1. The topological polar surface area (TPSA) is 101 Å². The maximum absolute atomic E-state index is 14.9. The van der Waals surface area contributed by atoms with Gasteiger partial charge in [0.05, 0.1) is 15.3 Å². The molecule has 9 heteroatoms. The minimum absolute atomic E-state index is 0.0475. The third-order valence-corrected chi connectivity index (χ3v) is 9.42. The van der Waals surface area contributed by atoms with Crippen molar-refractivity contribution in [1.29, 1.82) is 0 Å². The van der Waals surface area contributed by atoms with E-state index in [-0.39, 0.29) is 35.0 Å². The zero-order chi connectivity index (χ0) is 22.3. The van der Waals surface area contributed by atoms with Gasteiger partial charge >= 0.3 is 0 Å². The first kappa shape index (κ1) is 22.7. The largest absolute Gasteiger partial charge is 0.386 e. The Labute approximate surface area is 182 Å². The van der Waals surface area contributed by atoms with Gasteiger partial charge in [-0.3, -0.25) is 19.5 Å². The average molecular weight is 453 g/mol. The summed E-state index contributed by atoms with van der Waals surface area (Å²) in [7, 11) is -0.756. The number of pyridine rings is 1. The number of nitrogens with two attached hydrogens (primary N) is 1. The number of benzene rings is 1. The number of nitrogens with one attached hydrogen (secondary N) is 1. The van der Waals surface area contributed by atoms with Gasteiger partial charge in [-0.05, 0) is 57.6 Å². The number of carbonyl (C=O) groups is 1. The van der Waals surface area contributed by atoms with Crippen LogP contribution in [-0.4, -0.2) is 38.7 Å². The summed E-state index contributed by atoms with van der Waals surface area (Å²) in [5.41, 5.74) is 6.33. The molecule has 3 rings (SSSR count). The second-order valence-corrected chi connectivity index (χ2v) is 11.7. The van der Waals surface area contributed by atoms with Gasteiger partial charge in [-0.25, -0.2) is 4.39 Å². The van der Waals surface area contributed by atoms with E-state index in [2.05, 4.69) is 14.7 Å². The van der Waals surface area contributed by atoms with Gasteiger partial charge in [0, 0.05) is 23.9 Å². The molecule has 0 saturated carbocycles. The highest BCUT2D eigenvalue weighted by Gasteiger charge is 2.51. The maximum atomic E-state index is 14.9. The lowest BCUT2D eigenvalue weighted by molar-refractivity contribution is 0.0988. The van der Waals surface area contributed by atoms with E-state index < -0.39 is 26.6 Å². The molecule has 4 N–H and O–H groups in total. The molecule has 6 nitrogen and oxygen atoms in total. The number of carbonyl (C=O) groups excluding carboxylic acids is 1. The highest BCUT2D eigenvalue weighted by Crippen LogP contribution is 2.59. The van der Waals surface area contributed by atoms with Crippen LogP contribution in [-0.2, 0) is 12.0 Å². The SMILES string of the molecule is CNS1(O)C[C@@](C)(c2cc(CC(=O)c3ccc(Cl)cn3)ccc2F)N=C(N)C1(C)C. The van der Waals surface area contributed by atoms with Gasteiger partial charge in [0.2, 0.25) is 0 Å². The van der Waals surface area contributed by atoms with Crippen molar-refractivity contribution in [3.8, 4) is 0 Å². The molecular weight excluding hydrogens is 427 g/mol. The Kier molecular flexibility index (Phi) is 5.99. The molecule has 2 aromatic rings. The number of Topliss-reactive ketones (excluding diaryl/α,β-unsaturated/α-hetero) is 1. The predicted molar refractivity (Wildman–Crippen MR) is 121 cm³/mol. The van der Waals surface area contributed by atoms with Crippen molar-refractivity contribution in [1.82, 2.24) is 9.71 Å². The van der Waals surface area contributed by atoms with Crippen molar-refractivity contribution >= 4 is 33.7 Å². The number of nitrogens with zero attached hydrogens (tertiary/aromatic N) is 2. The predicted octanol–water partition coefficient (Wildman–Crippen LogP) is 4.08. The zero-order valence-electron chi connectivity index (χ0n) is 17.4. The Morgan fingerprint density at radius 1 is 1.33 bits per heavy atom. The Hall–Kier alpha value is -2.00. The number of aliphatic imine (C=N–C) groups is 1. The van der Waals surface area contributed by atoms with Crippen LogP contribution in [0.25, 0.3) is 0 Å². The maximum Gasteiger partial charge on any atom is 0.185 e. The molecule has 0 amide bonds. The van der Waals surface area contributed by atoms with E-state index >= 15 is 0 Å². The minimum Gasteiger partial charge on any atom is -0.386 e. The molecule has 0 fully saturated rings. The highest BCUT2D eigenvalue weighted by atomic mass is 35.5. The van der Waals surface area contributed by atoms with Crippen LogP contribution in [0.3, 0.4) is 0 Å². The molecule has 2 atom stereocenters. The van der Waals surface area contributed by atoms with E-state index in [0.717, 1.165) is 0 Å². The van der Waals surface area contributed by atoms with Gasteiger partial charge in [-0.1, -0.05) is 28.2 Å². The molecular formula is C21H26ClFN4O2S. The number of amidine groups is 1. The monoisotopic (exact) mass is 452 g/mol. The molecule has 30 heavy (non-hydrogen) atoms. The van der Waals surface area contributed by atoms with Crippen LogP contribution in [0.1, 0.15) is 42.4 Å². The number of rotatable bonds is 5. The lowest BCUT2D eigenvalue weighted by Crippen LogP contribution is -2.55. The Bertz CT molecular complexity index is 1010. The van der Waals surface area contributed by atoms with Crippen molar-refractivity contribution in [3.63, 3.8) is 0 Å². The normalized spacial score (nSPS) is 27.8. The molecule has 1 aromatic heterocycles. The van der Waals surface area contributed by atoms with Crippen LogP contribution in [0.15, 0.2) is 41.5 Å². The summed E-state index contributed by atoms with van der Waals surface area (Å²) in [6.45, 7) is 5.39. The van der Waals surface area contributed by atoms with Crippen molar-refractivity contribution in [3.05, 3.63) is 64.2 Å². The summed E-state index contributed by atoms with van der Waals surface area (Å²) < 4.78 is 28.4. The van der Waals surface area contributed by atoms with Crippen molar-refractivity contribution in [2.24, 2.45) is 10.7 Å². The van der Waals surface area contributed by atoms with Gasteiger partial charge in [0.25, 0.3) is 0 Å². The number of ketones is 1. The fourth-order valence-corrected chi connectivity index (χ4v) is 6.12. The summed E-state index contributed by atoms with van der Waals surface area (Å²) >= 11 is 5.82. The van der Waals surface area contributed by atoms with Crippen LogP contribution in [0.4, 0.5) is 4.39 Å². The van der Waals surface area contributed by atoms with Crippen molar-refractivity contribution in [2.45, 2.75) is 37.5 Å². The average Bonchev–Trinajstić information content (AvgIpc) is 2.68. The first-order chi connectivity index (χ1) is 13.9. The molecule has 1 aromatic carbocycles. The first-order valence-electron chi connectivity index (χ1n) is 9.43. The summed E-state index contributed by atoms with van der Waals surface area (Å²) in [6.07, 6.45) is 1.46. The van der Waals surface area contributed by atoms with E-state index in [4.69, 9.17) is 17.3 Å². The first-order valence-corrected chi connectivity index (χ1v) is 11.6. The number of halogens is 2. The number of hydrogen-bond donors (Lipinski definition) is 3. The smallest absolute Gasteiger partial charge is 0.185 e. The third kappa shape index (κ3) is 3.97. The minimum atomic E-state index is -2.42. The van der Waals surface area contributed by atoms with Gasteiger partial charge in [0.1, 0.15) is 17.3 Å². The molecule has 162 valence electrons. The van der Waals surface area contributed by atoms with E-state index in [1.165, 1.54) is 12.3 Å². The Morgan fingerprint density at radius 3 is 2.63 bits per heavy atom. The molecule has 1 aliphatic heterocycles. The van der Waals surface area contributed by atoms with Crippen molar-refractivity contribution in [2.75, 3.05) is 12.8 Å². The van der Waals surface area contributed by atoms with Crippen molar-refractivity contribution < 1.29 is 13.7 Å². The van der Waals surface area contributed by atoms with E-state index in [0.29, 0.717) is 10.6 Å². The summed E-state index contributed by atoms with van der Waals surface area (Å²) in [5.74, 6) is -0.224. The van der Waals surface area contributed by atoms with Gasteiger partial charge in [-0.15, -0.1) is 0 Å². The van der Waals surface area contributed by atoms with Gasteiger partial charge in [-0.2, -0.15) is 0 Å². The standard InChI is InChI=1S/C21H26ClFN4O2S/c1-20(2)19(24)27-21(3,12-30(20,29)25-4)15-9-13(5-7-16(15)23)10-18(28)17-8-6-14(22)11-26-17/h5-9,11,25,29H,10,12H2,1-4H3,(H2,24,27)/t21-/m0/s1. The van der Waals surface area contributed by atoms with Crippen LogP contribution < -0.4 is 10.5 Å². The van der Waals surface area contributed by atoms with Crippen LogP contribution in [0, 0.1) is 5.82 Å². The second-order valence-electron chi connectivity index (χ2n) is 8.11. The quantitative estimate of drug-likeness (QED) is 0.593. The van der Waals surface area contributed by atoms with E-state index in [9.17, 15) is 13.7 Å². The van der Waals surface area contributed by atoms with Gasteiger partial charge in [0.15, 0.2) is 5.78 Å². The molecule has 0 radical (unpaired) electrons.